The number of aryl methyl sites for hydroxylation is 2. The molecule has 3 aromatic rings. The molecule has 30 heavy (non-hydrogen) atoms. The van der Waals surface area contributed by atoms with Crippen molar-refractivity contribution in [2.45, 2.75) is 52.0 Å². The number of piperazine rings is 1. The van der Waals surface area contributed by atoms with E-state index in [1.54, 1.807) is 11.3 Å². The maximum absolute atomic E-state index is 5.51. The fourth-order valence-corrected chi connectivity index (χ4v) is 4.37. The minimum Gasteiger partial charge on any atom is -0.339 e. The van der Waals surface area contributed by atoms with Gasteiger partial charge in [0.05, 0.1) is 10.9 Å². The summed E-state index contributed by atoms with van der Waals surface area (Å²) in [6.45, 7) is 9.49. The first-order chi connectivity index (χ1) is 14.7. The third kappa shape index (κ3) is 5.33. The fourth-order valence-electron chi connectivity index (χ4n) is 3.72. The van der Waals surface area contributed by atoms with Crippen LogP contribution in [-0.4, -0.2) is 62.8 Å². The third-order valence-corrected chi connectivity index (χ3v) is 6.49. The zero-order valence-electron chi connectivity index (χ0n) is 17.8. The molecule has 0 spiro atoms. The molecule has 162 valence electrons. The van der Waals surface area contributed by atoms with Crippen LogP contribution in [0, 0.1) is 0 Å². The Morgan fingerprint density at radius 3 is 2.70 bits per heavy atom. The lowest BCUT2D eigenvalue weighted by Gasteiger charge is -2.36. The van der Waals surface area contributed by atoms with Gasteiger partial charge in [-0.25, -0.2) is 0 Å². The van der Waals surface area contributed by atoms with Gasteiger partial charge in [0.25, 0.3) is 0 Å². The Hall–Kier alpha value is -2.10. The molecule has 0 saturated carbocycles. The van der Waals surface area contributed by atoms with Crippen molar-refractivity contribution in [2.75, 3.05) is 32.7 Å². The maximum atomic E-state index is 5.51. The highest BCUT2D eigenvalue weighted by Gasteiger charge is 2.25. The van der Waals surface area contributed by atoms with E-state index in [0.717, 1.165) is 87.3 Å². The molecule has 1 unspecified atom stereocenters. The number of thiophene rings is 1. The molecule has 1 aliphatic rings. The van der Waals surface area contributed by atoms with Crippen molar-refractivity contribution in [3.05, 3.63) is 35.1 Å². The van der Waals surface area contributed by atoms with Gasteiger partial charge in [0.1, 0.15) is 0 Å². The second kappa shape index (κ2) is 10.3. The molecular weight excluding hydrogens is 400 g/mol. The molecule has 0 aliphatic carbocycles. The van der Waals surface area contributed by atoms with Crippen LogP contribution in [0.25, 0.3) is 10.7 Å². The minimum atomic E-state index is 0.170. The molecule has 1 fully saturated rings. The van der Waals surface area contributed by atoms with E-state index < -0.39 is 0 Å². The van der Waals surface area contributed by atoms with E-state index in [2.05, 4.69) is 43.9 Å². The molecule has 1 aliphatic heterocycles. The van der Waals surface area contributed by atoms with E-state index in [-0.39, 0.29) is 6.04 Å². The molecule has 1 atom stereocenters. The summed E-state index contributed by atoms with van der Waals surface area (Å²) in [5.74, 6) is 3.00. The van der Waals surface area contributed by atoms with Gasteiger partial charge in [-0.15, -0.1) is 11.3 Å². The van der Waals surface area contributed by atoms with Crippen molar-refractivity contribution in [1.29, 1.82) is 0 Å². The molecule has 3 aromatic heterocycles. The highest BCUT2D eigenvalue weighted by molar-refractivity contribution is 7.13. The molecule has 1 saturated heterocycles. The third-order valence-electron chi connectivity index (χ3n) is 5.62. The van der Waals surface area contributed by atoms with Crippen LogP contribution in [0.3, 0.4) is 0 Å². The van der Waals surface area contributed by atoms with E-state index in [9.17, 15) is 0 Å². The zero-order valence-corrected chi connectivity index (χ0v) is 18.6. The largest absolute Gasteiger partial charge is 0.339 e. The molecule has 9 heteroatoms. The second-order valence-corrected chi connectivity index (χ2v) is 8.75. The zero-order chi connectivity index (χ0) is 20.8. The Labute approximate surface area is 181 Å². The standard InChI is InChI=1S/C21H30N6O2S/c1-3-4-8-18-22-21(29-24-18)16(2)27-13-11-26(12-14-27)10-5-9-19-23-20(25-28-19)17-7-6-15-30-17/h6-7,15-16H,3-5,8-14H2,1-2H3. The van der Waals surface area contributed by atoms with Crippen LogP contribution in [0.5, 0.6) is 0 Å². The van der Waals surface area contributed by atoms with E-state index >= 15 is 0 Å². The summed E-state index contributed by atoms with van der Waals surface area (Å²) in [5.41, 5.74) is 0. The van der Waals surface area contributed by atoms with Gasteiger partial charge in [0, 0.05) is 39.0 Å². The summed E-state index contributed by atoms with van der Waals surface area (Å²) in [6, 6.07) is 4.18. The van der Waals surface area contributed by atoms with Crippen LogP contribution >= 0.6 is 11.3 Å². The Morgan fingerprint density at radius 2 is 1.93 bits per heavy atom. The molecule has 0 amide bonds. The van der Waals surface area contributed by atoms with Gasteiger partial charge in [-0.1, -0.05) is 29.7 Å². The quantitative estimate of drug-likeness (QED) is 0.480. The SMILES string of the molecule is CCCCc1noc(C(C)N2CCN(CCCc3nc(-c4cccs4)no3)CC2)n1. The summed E-state index contributed by atoms with van der Waals surface area (Å²) in [5, 5.41) is 10.2. The lowest BCUT2D eigenvalue weighted by Crippen LogP contribution is -2.47. The van der Waals surface area contributed by atoms with Gasteiger partial charge in [-0.05, 0) is 37.8 Å². The van der Waals surface area contributed by atoms with E-state index in [1.807, 2.05) is 17.5 Å². The van der Waals surface area contributed by atoms with E-state index in [4.69, 9.17) is 9.05 Å². The Balaban J connectivity index is 1.18. The predicted octanol–water partition coefficient (Wildman–Crippen LogP) is 3.84. The molecular formula is C21H30N6O2S. The van der Waals surface area contributed by atoms with E-state index in [0.29, 0.717) is 5.82 Å². The average Bonchev–Trinajstić information content (AvgIpc) is 3.54. The van der Waals surface area contributed by atoms with Crippen molar-refractivity contribution in [3.63, 3.8) is 0 Å². The van der Waals surface area contributed by atoms with Crippen molar-refractivity contribution in [3.8, 4) is 10.7 Å². The van der Waals surface area contributed by atoms with Crippen LogP contribution < -0.4 is 0 Å². The molecule has 0 aromatic carbocycles. The van der Waals surface area contributed by atoms with Gasteiger partial charge in [-0.2, -0.15) is 9.97 Å². The summed E-state index contributed by atoms with van der Waals surface area (Å²) < 4.78 is 10.9. The molecule has 8 nitrogen and oxygen atoms in total. The number of hydrogen-bond acceptors (Lipinski definition) is 9. The molecule has 4 heterocycles. The number of unbranched alkanes of at least 4 members (excludes halogenated alkanes) is 1. The van der Waals surface area contributed by atoms with Crippen LogP contribution in [0.4, 0.5) is 0 Å². The first-order valence-electron chi connectivity index (χ1n) is 10.9. The van der Waals surface area contributed by atoms with Crippen molar-refractivity contribution >= 4 is 11.3 Å². The average molecular weight is 431 g/mol. The summed E-state index contributed by atoms with van der Waals surface area (Å²) >= 11 is 1.63. The Bertz CT molecular complexity index is 885. The normalized spacial score (nSPS) is 16.9. The lowest BCUT2D eigenvalue weighted by molar-refractivity contribution is 0.0874. The van der Waals surface area contributed by atoms with Crippen LogP contribution in [-0.2, 0) is 12.8 Å². The number of hydrogen-bond donors (Lipinski definition) is 0. The fraction of sp³-hybridized carbons (Fsp3) is 0.619. The minimum absolute atomic E-state index is 0.170. The maximum Gasteiger partial charge on any atom is 0.243 e. The second-order valence-electron chi connectivity index (χ2n) is 7.80. The smallest absolute Gasteiger partial charge is 0.243 e. The number of nitrogens with zero attached hydrogens (tertiary/aromatic N) is 6. The molecule has 0 bridgehead atoms. The van der Waals surface area contributed by atoms with Gasteiger partial charge in [0.2, 0.25) is 17.6 Å². The van der Waals surface area contributed by atoms with Gasteiger partial charge < -0.3 is 13.9 Å². The topological polar surface area (TPSA) is 84.3 Å². The van der Waals surface area contributed by atoms with Gasteiger partial charge in [-0.3, -0.25) is 4.90 Å². The van der Waals surface area contributed by atoms with E-state index in [1.165, 1.54) is 0 Å². The highest BCUT2D eigenvalue weighted by atomic mass is 32.1. The monoisotopic (exact) mass is 430 g/mol. The molecule has 0 radical (unpaired) electrons. The van der Waals surface area contributed by atoms with Crippen LogP contribution in [0.2, 0.25) is 0 Å². The van der Waals surface area contributed by atoms with Crippen molar-refractivity contribution < 1.29 is 9.05 Å². The van der Waals surface area contributed by atoms with Crippen molar-refractivity contribution in [1.82, 2.24) is 30.1 Å². The van der Waals surface area contributed by atoms with Crippen LogP contribution in [0.15, 0.2) is 26.6 Å². The first-order valence-corrected chi connectivity index (χ1v) is 11.8. The van der Waals surface area contributed by atoms with Gasteiger partial charge in [0.15, 0.2) is 5.82 Å². The Morgan fingerprint density at radius 1 is 1.07 bits per heavy atom. The highest BCUT2D eigenvalue weighted by Crippen LogP contribution is 2.22. The lowest BCUT2D eigenvalue weighted by atomic mass is 10.2. The summed E-state index contributed by atoms with van der Waals surface area (Å²) in [7, 11) is 0. The predicted molar refractivity (Wildman–Crippen MR) is 115 cm³/mol. The number of rotatable bonds is 10. The first kappa shape index (κ1) is 21.1. The summed E-state index contributed by atoms with van der Waals surface area (Å²) in [6.07, 6.45) is 4.98. The molecule has 0 N–H and O–H groups in total. The van der Waals surface area contributed by atoms with Crippen molar-refractivity contribution in [2.24, 2.45) is 0 Å². The molecule has 4 rings (SSSR count). The Kier molecular flexibility index (Phi) is 7.24. The van der Waals surface area contributed by atoms with Gasteiger partial charge >= 0.3 is 0 Å². The summed E-state index contributed by atoms with van der Waals surface area (Å²) in [4.78, 5) is 15.1. The van der Waals surface area contributed by atoms with Crippen LogP contribution in [0.1, 0.15) is 56.8 Å². The number of aromatic nitrogens is 4.